The van der Waals surface area contributed by atoms with Crippen LogP contribution in [0.5, 0.6) is 5.75 Å². The van der Waals surface area contributed by atoms with E-state index in [9.17, 15) is 9.59 Å². The van der Waals surface area contributed by atoms with Crippen molar-refractivity contribution in [3.63, 3.8) is 0 Å². The second kappa shape index (κ2) is 6.97. The number of ether oxygens (including phenoxy) is 1. The molecule has 2 N–H and O–H groups in total. The number of nitrogens with zero attached hydrogens (tertiary/aromatic N) is 2. The highest BCUT2D eigenvalue weighted by atomic mass is 16.5. The highest BCUT2D eigenvalue weighted by Crippen LogP contribution is 2.13. The molecule has 0 atom stereocenters. The van der Waals surface area contributed by atoms with E-state index in [0.717, 1.165) is 6.42 Å². The van der Waals surface area contributed by atoms with Crippen LogP contribution in [0, 0.1) is 0 Å². The smallest absolute Gasteiger partial charge is 0.312 e. The van der Waals surface area contributed by atoms with Gasteiger partial charge in [0.1, 0.15) is 12.4 Å². The van der Waals surface area contributed by atoms with E-state index >= 15 is 0 Å². The maximum Gasteiger partial charge on any atom is 0.312 e. The first-order valence-corrected chi connectivity index (χ1v) is 7.18. The molecular formula is C15H21N3O3. The van der Waals surface area contributed by atoms with Crippen LogP contribution in [0.2, 0.25) is 0 Å². The summed E-state index contributed by atoms with van der Waals surface area (Å²) in [6, 6.07) is 7.07. The molecule has 21 heavy (non-hydrogen) atoms. The maximum atomic E-state index is 12.0. The second-order valence-electron chi connectivity index (χ2n) is 5.00. The highest BCUT2D eigenvalue weighted by Gasteiger charge is 2.31. The van der Waals surface area contributed by atoms with Crippen molar-refractivity contribution in [2.75, 3.05) is 38.5 Å². The Hall–Kier alpha value is -2.24. The highest BCUT2D eigenvalue weighted by molar-refractivity contribution is 6.35. The Morgan fingerprint density at radius 1 is 1.05 bits per heavy atom. The van der Waals surface area contributed by atoms with E-state index in [-0.39, 0.29) is 0 Å². The molecule has 0 unspecified atom stereocenters. The topological polar surface area (TPSA) is 75.9 Å². The third kappa shape index (κ3) is 3.87. The fourth-order valence-electron chi connectivity index (χ4n) is 2.25. The lowest BCUT2D eigenvalue weighted by molar-refractivity contribution is -0.156. The molecule has 1 aromatic carbocycles. The number of hydrogen-bond donors (Lipinski definition) is 1. The number of benzene rings is 1. The number of carbonyl (C=O) groups is 2. The molecule has 0 spiro atoms. The molecule has 0 bridgehead atoms. The largest absolute Gasteiger partial charge is 0.492 e. The van der Waals surface area contributed by atoms with Gasteiger partial charge in [0.05, 0.1) is 6.54 Å². The Balaban J connectivity index is 1.80. The molecule has 0 radical (unpaired) electrons. The number of nitrogen functional groups attached to an aromatic ring is 1. The fraction of sp³-hybridized carbons (Fsp3) is 0.467. The minimum absolute atomic E-state index is 0.358. The summed E-state index contributed by atoms with van der Waals surface area (Å²) in [5.74, 6) is -0.140. The monoisotopic (exact) mass is 291 g/mol. The number of anilines is 1. The normalized spacial score (nSPS) is 15.5. The van der Waals surface area contributed by atoms with Crippen LogP contribution >= 0.6 is 0 Å². The number of rotatable bonds is 6. The lowest BCUT2D eigenvalue weighted by Gasteiger charge is -2.33. The van der Waals surface area contributed by atoms with Crippen molar-refractivity contribution >= 4 is 17.5 Å². The zero-order valence-corrected chi connectivity index (χ0v) is 12.2. The number of carbonyl (C=O) groups excluding carboxylic acids is 2. The van der Waals surface area contributed by atoms with E-state index in [1.165, 1.54) is 0 Å². The van der Waals surface area contributed by atoms with E-state index in [1.807, 2.05) is 6.92 Å². The molecule has 0 saturated carbocycles. The average Bonchev–Trinajstić information content (AvgIpc) is 2.48. The fourth-order valence-corrected chi connectivity index (χ4v) is 2.25. The number of nitrogens with two attached hydrogens (primary N) is 1. The zero-order valence-electron chi connectivity index (χ0n) is 12.2. The molecule has 2 rings (SSSR count). The van der Waals surface area contributed by atoms with Crippen LogP contribution in [0.25, 0.3) is 0 Å². The van der Waals surface area contributed by atoms with E-state index in [2.05, 4.69) is 0 Å². The number of piperazine rings is 1. The number of hydrogen-bond acceptors (Lipinski definition) is 4. The van der Waals surface area contributed by atoms with Crippen molar-refractivity contribution in [3.05, 3.63) is 24.3 Å². The summed E-state index contributed by atoms with van der Waals surface area (Å²) in [5.41, 5.74) is 6.27. The second-order valence-corrected chi connectivity index (χ2v) is 5.00. The minimum Gasteiger partial charge on any atom is -0.492 e. The van der Waals surface area contributed by atoms with Crippen LogP contribution in [0.15, 0.2) is 24.3 Å². The molecule has 1 aliphatic heterocycles. The molecule has 0 aromatic heterocycles. The lowest BCUT2D eigenvalue weighted by atomic mass is 10.2. The molecular weight excluding hydrogens is 270 g/mol. The predicted octanol–water partition coefficient (Wildman–Crippen LogP) is 0.728. The van der Waals surface area contributed by atoms with Gasteiger partial charge in [-0.1, -0.05) is 6.92 Å². The van der Waals surface area contributed by atoms with Crippen molar-refractivity contribution in [2.45, 2.75) is 13.3 Å². The third-order valence-corrected chi connectivity index (χ3v) is 3.40. The summed E-state index contributed by atoms with van der Waals surface area (Å²) in [7, 11) is 0. The summed E-state index contributed by atoms with van der Waals surface area (Å²) in [6.07, 6.45) is 0.860. The van der Waals surface area contributed by atoms with Crippen molar-refractivity contribution < 1.29 is 14.3 Å². The summed E-state index contributed by atoms with van der Waals surface area (Å²) in [6.45, 7) is 4.56. The van der Waals surface area contributed by atoms with Crippen LogP contribution in [0.1, 0.15) is 13.3 Å². The maximum absolute atomic E-state index is 12.0. The summed E-state index contributed by atoms with van der Waals surface area (Å²) in [5, 5.41) is 0. The third-order valence-electron chi connectivity index (χ3n) is 3.40. The van der Waals surface area contributed by atoms with Gasteiger partial charge in [0.2, 0.25) is 0 Å². The zero-order chi connectivity index (χ0) is 15.2. The number of amides is 2. The Kier molecular flexibility index (Phi) is 5.03. The standard InChI is InChI=1S/C15H21N3O3/c1-2-7-17-8-9-18(15(20)14(17)19)10-11-21-13-5-3-12(16)4-6-13/h3-6H,2,7-11,16H2,1H3. The summed E-state index contributed by atoms with van der Waals surface area (Å²) >= 11 is 0. The van der Waals surface area contributed by atoms with Crippen molar-refractivity contribution in [1.29, 1.82) is 0 Å². The van der Waals surface area contributed by atoms with Crippen molar-refractivity contribution in [3.8, 4) is 5.75 Å². The Morgan fingerprint density at radius 3 is 2.19 bits per heavy atom. The van der Waals surface area contributed by atoms with Gasteiger partial charge < -0.3 is 20.3 Å². The Bertz CT molecular complexity index is 501. The van der Waals surface area contributed by atoms with Crippen LogP contribution < -0.4 is 10.5 Å². The van der Waals surface area contributed by atoms with Crippen LogP contribution in [-0.4, -0.2) is 54.4 Å². The molecule has 1 heterocycles. The van der Waals surface area contributed by atoms with E-state index in [4.69, 9.17) is 10.5 Å². The van der Waals surface area contributed by atoms with Gasteiger partial charge in [-0.25, -0.2) is 0 Å². The minimum atomic E-state index is -0.435. The van der Waals surface area contributed by atoms with Gasteiger partial charge in [0, 0.05) is 25.3 Å². The van der Waals surface area contributed by atoms with Gasteiger partial charge >= 0.3 is 11.8 Å². The van der Waals surface area contributed by atoms with E-state index in [0.29, 0.717) is 44.2 Å². The molecule has 6 heteroatoms. The van der Waals surface area contributed by atoms with Crippen LogP contribution in [-0.2, 0) is 9.59 Å². The van der Waals surface area contributed by atoms with Crippen molar-refractivity contribution in [2.24, 2.45) is 0 Å². The van der Waals surface area contributed by atoms with Gasteiger partial charge in [-0.2, -0.15) is 0 Å². The molecule has 2 amide bonds. The molecule has 1 saturated heterocycles. The SMILES string of the molecule is CCCN1CCN(CCOc2ccc(N)cc2)C(=O)C1=O. The summed E-state index contributed by atoms with van der Waals surface area (Å²) in [4.78, 5) is 27.0. The first-order chi connectivity index (χ1) is 10.1. The Morgan fingerprint density at radius 2 is 1.62 bits per heavy atom. The van der Waals surface area contributed by atoms with E-state index in [1.54, 1.807) is 34.1 Å². The van der Waals surface area contributed by atoms with Gasteiger partial charge in [-0.05, 0) is 30.7 Å². The predicted molar refractivity (Wildman–Crippen MR) is 79.8 cm³/mol. The molecule has 6 nitrogen and oxygen atoms in total. The molecule has 1 aromatic rings. The lowest BCUT2D eigenvalue weighted by Crippen LogP contribution is -2.55. The van der Waals surface area contributed by atoms with Crippen LogP contribution in [0.3, 0.4) is 0 Å². The van der Waals surface area contributed by atoms with E-state index < -0.39 is 11.8 Å². The van der Waals surface area contributed by atoms with Gasteiger partial charge in [-0.3, -0.25) is 9.59 Å². The van der Waals surface area contributed by atoms with Crippen molar-refractivity contribution in [1.82, 2.24) is 9.80 Å². The van der Waals surface area contributed by atoms with Crippen LogP contribution in [0.4, 0.5) is 5.69 Å². The Labute approximate surface area is 124 Å². The first kappa shape index (κ1) is 15.2. The first-order valence-electron chi connectivity index (χ1n) is 7.18. The molecule has 1 aliphatic rings. The van der Waals surface area contributed by atoms with Gasteiger partial charge in [0.25, 0.3) is 0 Å². The summed E-state index contributed by atoms with van der Waals surface area (Å²) < 4.78 is 5.55. The molecule has 0 aliphatic carbocycles. The van der Waals surface area contributed by atoms with Gasteiger partial charge in [0.15, 0.2) is 0 Å². The molecule has 114 valence electrons. The average molecular weight is 291 g/mol. The van der Waals surface area contributed by atoms with Gasteiger partial charge in [-0.15, -0.1) is 0 Å². The quantitative estimate of drug-likeness (QED) is 0.619. The molecule has 1 fully saturated rings.